The van der Waals surface area contributed by atoms with Gasteiger partial charge in [0.05, 0.1) is 5.33 Å². The van der Waals surface area contributed by atoms with Crippen LogP contribution in [0.3, 0.4) is 0 Å². The summed E-state index contributed by atoms with van der Waals surface area (Å²) < 4.78 is 0. The van der Waals surface area contributed by atoms with Crippen LogP contribution in [0.5, 0.6) is 0 Å². The number of aromatic nitrogens is 1. The highest BCUT2D eigenvalue weighted by molar-refractivity contribution is 9.09. The minimum Gasteiger partial charge on any atom is -0.360 e. The molecule has 0 spiro atoms. The van der Waals surface area contributed by atoms with Crippen LogP contribution in [0, 0.1) is 6.92 Å². The number of fused-ring (bicyclic) bond motifs is 1. The van der Waals surface area contributed by atoms with Crippen molar-refractivity contribution in [2.24, 2.45) is 0 Å². The van der Waals surface area contributed by atoms with E-state index in [1.54, 1.807) is 6.20 Å². The van der Waals surface area contributed by atoms with Crippen LogP contribution in [0.2, 0.25) is 0 Å². The normalized spacial score (nSPS) is 10.7. The van der Waals surface area contributed by atoms with Crippen molar-refractivity contribution in [1.82, 2.24) is 4.98 Å². The minimum absolute atomic E-state index is 0.113. The van der Waals surface area contributed by atoms with Gasteiger partial charge >= 0.3 is 0 Å². The lowest BCUT2D eigenvalue weighted by Gasteiger charge is -1.96. The standard InChI is InChI=1S/C11H10BrNO/c1-7-2-3-10-8(4-7)9(6-13-10)11(14)5-12/h2-4,6,13H,5H2,1H3. The fraction of sp³-hybridized carbons (Fsp3) is 0.182. The number of benzene rings is 1. The Morgan fingerprint density at radius 2 is 2.29 bits per heavy atom. The number of hydrogen-bond acceptors (Lipinski definition) is 1. The number of rotatable bonds is 2. The topological polar surface area (TPSA) is 32.9 Å². The predicted molar refractivity (Wildman–Crippen MR) is 61.2 cm³/mol. The Morgan fingerprint density at radius 3 is 3.00 bits per heavy atom. The Kier molecular flexibility index (Phi) is 2.42. The van der Waals surface area contributed by atoms with Crippen molar-refractivity contribution in [3.8, 4) is 0 Å². The van der Waals surface area contributed by atoms with Crippen LogP contribution in [0.4, 0.5) is 0 Å². The summed E-state index contributed by atoms with van der Waals surface area (Å²) in [5, 5.41) is 1.38. The molecule has 0 fully saturated rings. The zero-order valence-corrected chi connectivity index (χ0v) is 9.39. The molecule has 2 aromatic rings. The van der Waals surface area contributed by atoms with E-state index in [2.05, 4.69) is 20.9 Å². The molecule has 0 bridgehead atoms. The van der Waals surface area contributed by atoms with Gasteiger partial charge in [0.15, 0.2) is 5.78 Å². The van der Waals surface area contributed by atoms with Gasteiger partial charge in [-0.05, 0) is 19.1 Å². The number of carbonyl (C=O) groups excluding carboxylic acids is 1. The SMILES string of the molecule is Cc1ccc2[nH]cc(C(=O)CBr)c2c1. The molecule has 0 amide bonds. The molecule has 2 nitrogen and oxygen atoms in total. The average Bonchev–Trinajstić information content (AvgIpc) is 2.59. The summed E-state index contributed by atoms with van der Waals surface area (Å²) >= 11 is 3.18. The van der Waals surface area contributed by atoms with Crippen LogP contribution < -0.4 is 0 Å². The second kappa shape index (κ2) is 3.58. The molecule has 14 heavy (non-hydrogen) atoms. The Morgan fingerprint density at radius 1 is 1.50 bits per heavy atom. The van der Waals surface area contributed by atoms with Crippen LogP contribution in [0.25, 0.3) is 10.9 Å². The summed E-state index contributed by atoms with van der Waals surface area (Å²) in [4.78, 5) is 14.6. The van der Waals surface area contributed by atoms with Gasteiger partial charge in [-0.1, -0.05) is 27.6 Å². The highest BCUT2D eigenvalue weighted by atomic mass is 79.9. The summed E-state index contributed by atoms with van der Waals surface area (Å²) in [6.45, 7) is 2.02. The van der Waals surface area contributed by atoms with Crippen LogP contribution in [-0.4, -0.2) is 16.1 Å². The molecule has 0 radical (unpaired) electrons. The maximum absolute atomic E-state index is 11.5. The van der Waals surface area contributed by atoms with Gasteiger partial charge in [0, 0.05) is 22.7 Å². The van der Waals surface area contributed by atoms with Crippen LogP contribution in [0.15, 0.2) is 24.4 Å². The average molecular weight is 252 g/mol. The first-order valence-electron chi connectivity index (χ1n) is 4.39. The van der Waals surface area contributed by atoms with Gasteiger partial charge in [-0.3, -0.25) is 4.79 Å². The zero-order valence-electron chi connectivity index (χ0n) is 7.80. The molecule has 0 aliphatic rings. The second-order valence-corrected chi connectivity index (χ2v) is 3.87. The number of alkyl halides is 1. The number of halogens is 1. The summed E-state index contributed by atoms with van der Waals surface area (Å²) in [6, 6.07) is 6.05. The van der Waals surface area contributed by atoms with Crippen molar-refractivity contribution >= 4 is 32.6 Å². The number of ketones is 1. The van der Waals surface area contributed by atoms with E-state index in [-0.39, 0.29) is 5.78 Å². The number of nitrogens with one attached hydrogen (secondary N) is 1. The van der Waals surface area contributed by atoms with Gasteiger partial charge in [-0.25, -0.2) is 0 Å². The molecule has 0 saturated heterocycles. The van der Waals surface area contributed by atoms with Crippen LogP contribution in [0.1, 0.15) is 15.9 Å². The van der Waals surface area contributed by atoms with Crippen molar-refractivity contribution in [2.45, 2.75) is 6.92 Å². The van der Waals surface area contributed by atoms with Crippen molar-refractivity contribution in [3.63, 3.8) is 0 Å². The molecule has 0 aliphatic carbocycles. The molecule has 0 unspecified atom stereocenters. The molecule has 1 aromatic heterocycles. The Bertz CT molecular complexity index is 487. The van der Waals surface area contributed by atoms with Gasteiger partial charge in [-0.2, -0.15) is 0 Å². The Balaban J connectivity index is 2.67. The first-order valence-corrected chi connectivity index (χ1v) is 5.51. The van der Waals surface area contributed by atoms with E-state index in [1.807, 2.05) is 25.1 Å². The third-order valence-corrected chi connectivity index (χ3v) is 2.77. The van der Waals surface area contributed by atoms with E-state index in [0.717, 1.165) is 16.5 Å². The Hall–Kier alpha value is -1.09. The van der Waals surface area contributed by atoms with Gasteiger partial charge in [0.2, 0.25) is 0 Å². The predicted octanol–water partition coefficient (Wildman–Crippen LogP) is 3.05. The van der Waals surface area contributed by atoms with Gasteiger partial charge < -0.3 is 4.98 Å². The number of Topliss-reactive ketones (excluding diaryl/α,β-unsaturated/α-hetero) is 1. The molecule has 72 valence electrons. The highest BCUT2D eigenvalue weighted by Crippen LogP contribution is 2.20. The summed E-state index contributed by atoms with van der Waals surface area (Å²) in [5.41, 5.74) is 2.95. The van der Waals surface area contributed by atoms with Crippen molar-refractivity contribution in [2.75, 3.05) is 5.33 Å². The number of hydrogen-bond donors (Lipinski definition) is 1. The summed E-state index contributed by atoms with van der Waals surface area (Å²) in [6.07, 6.45) is 1.77. The van der Waals surface area contributed by atoms with E-state index in [0.29, 0.717) is 5.33 Å². The number of H-pyrrole nitrogens is 1. The van der Waals surface area contributed by atoms with E-state index >= 15 is 0 Å². The molecule has 1 N–H and O–H groups in total. The van der Waals surface area contributed by atoms with Crippen molar-refractivity contribution < 1.29 is 4.79 Å². The lowest BCUT2D eigenvalue weighted by Crippen LogP contribution is -1.97. The lowest BCUT2D eigenvalue weighted by atomic mass is 10.1. The summed E-state index contributed by atoms with van der Waals surface area (Å²) in [7, 11) is 0. The minimum atomic E-state index is 0.113. The lowest BCUT2D eigenvalue weighted by molar-refractivity contribution is 0.102. The molecule has 3 heteroatoms. The van der Waals surface area contributed by atoms with Gasteiger partial charge in [0.1, 0.15) is 0 Å². The fourth-order valence-corrected chi connectivity index (χ4v) is 1.84. The smallest absolute Gasteiger partial charge is 0.175 e. The van der Waals surface area contributed by atoms with Crippen LogP contribution in [-0.2, 0) is 0 Å². The van der Waals surface area contributed by atoms with E-state index in [4.69, 9.17) is 0 Å². The number of carbonyl (C=O) groups is 1. The molecule has 0 atom stereocenters. The quantitative estimate of drug-likeness (QED) is 0.646. The number of aryl methyl sites for hydroxylation is 1. The van der Waals surface area contributed by atoms with E-state index in [9.17, 15) is 4.79 Å². The van der Waals surface area contributed by atoms with Gasteiger partial charge in [-0.15, -0.1) is 0 Å². The third kappa shape index (κ3) is 1.48. The molecular weight excluding hydrogens is 242 g/mol. The summed E-state index contributed by atoms with van der Waals surface area (Å²) in [5.74, 6) is 0.113. The second-order valence-electron chi connectivity index (χ2n) is 3.31. The van der Waals surface area contributed by atoms with Crippen molar-refractivity contribution in [1.29, 1.82) is 0 Å². The molecule has 2 rings (SSSR count). The van der Waals surface area contributed by atoms with Crippen molar-refractivity contribution in [3.05, 3.63) is 35.5 Å². The third-order valence-electron chi connectivity index (χ3n) is 2.26. The monoisotopic (exact) mass is 251 g/mol. The maximum Gasteiger partial charge on any atom is 0.175 e. The Labute approximate surface area is 90.4 Å². The molecule has 1 heterocycles. The largest absolute Gasteiger partial charge is 0.360 e. The van der Waals surface area contributed by atoms with E-state index < -0.39 is 0 Å². The molecule has 1 aromatic carbocycles. The first kappa shape index (κ1) is 9.46. The first-order chi connectivity index (χ1) is 6.72. The van der Waals surface area contributed by atoms with E-state index in [1.165, 1.54) is 5.56 Å². The zero-order chi connectivity index (χ0) is 10.1. The molecule has 0 aliphatic heterocycles. The maximum atomic E-state index is 11.5. The van der Waals surface area contributed by atoms with Gasteiger partial charge in [0.25, 0.3) is 0 Å². The number of aromatic amines is 1. The molecule has 0 saturated carbocycles. The fourth-order valence-electron chi connectivity index (χ4n) is 1.54. The van der Waals surface area contributed by atoms with Crippen LogP contribution >= 0.6 is 15.9 Å². The highest BCUT2D eigenvalue weighted by Gasteiger charge is 2.10. The molecular formula is C11H10BrNO.